The number of rotatable bonds is 2. The summed E-state index contributed by atoms with van der Waals surface area (Å²) in [4.78, 5) is 13.1. The van der Waals surface area contributed by atoms with Crippen molar-refractivity contribution in [3.63, 3.8) is 0 Å². The Balaban J connectivity index is 3.33. The van der Waals surface area contributed by atoms with Gasteiger partial charge in [0.25, 0.3) is 12.0 Å². The maximum atomic E-state index is 12.2. The van der Waals surface area contributed by atoms with E-state index in [-0.39, 0.29) is 5.69 Å². The molecule has 4 N–H and O–H groups in total. The summed E-state index contributed by atoms with van der Waals surface area (Å²) < 4.78 is 24.4. The molecule has 0 aromatic carbocycles. The van der Waals surface area contributed by atoms with Gasteiger partial charge in [-0.3, -0.25) is 4.79 Å². The van der Waals surface area contributed by atoms with E-state index < -0.39 is 29.8 Å². The van der Waals surface area contributed by atoms with Crippen LogP contribution in [0.5, 0.6) is 0 Å². The molecule has 0 radical (unpaired) electrons. The molecule has 4 nitrogen and oxygen atoms in total. The van der Waals surface area contributed by atoms with Gasteiger partial charge in [-0.05, 0) is 6.07 Å². The SMILES string of the molecule is Nc1c(C(F)F)cc(CO)[nH]c1=O. The number of aromatic nitrogens is 1. The predicted octanol–water partition coefficient (Wildman–Crippen LogP) is 0.387. The first-order chi connectivity index (χ1) is 6.06. The fourth-order valence-corrected chi connectivity index (χ4v) is 0.912. The van der Waals surface area contributed by atoms with Crippen LogP contribution in [0.3, 0.4) is 0 Å². The summed E-state index contributed by atoms with van der Waals surface area (Å²) in [5.74, 6) is 0. The largest absolute Gasteiger partial charge is 0.394 e. The van der Waals surface area contributed by atoms with Crippen LogP contribution in [0.2, 0.25) is 0 Å². The minimum atomic E-state index is -2.81. The van der Waals surface area contributed by atoms with Crippen molar-refractivity contribution >= 4 is 5.69 Å². The van der Waals surface area contributed by atoms with Crippen LogP contribution in [0.4, 0.5) is 14.5 Å². The number of nitrogens with one attached hydrogen (secondary N) is 1. The van der Waals surface area contributed by atoms with Crippen molar-refractivity contribution in [2.45, 2.75) is 13.0 Å². The van der Waals surface area contributed by atoms with E-state index in [1.165, 1.54) is 0 Å². The van der Waals surface area contributed by atoms with Gasteiger partial charge in [-0.1, -0.05) is 0 Å². The van der Waals surface area contributed by atoms with E-state index >= 15 is 0 Å². The Morgan fingerprint density at radius 3 is 2.69 bits per heavy atom. The molecule has 0 spiro atoms. The highest BCUT2D eigenvalue weighted by Gasteiger charge is 2.14. The van der Waals surface area contributed by atoms with Crippen LogP contribution >= 0.6 is 0 Å². The van der Waals surface area contributed by atoms with E-state index in [2.05, 4.69) is 4.98 Å². The Morgan fingerprint density at radius 2 is 2.23 bits per heavy atom. The van der Waals surface area contributed by atoms with Gasteiger partial charge in [-0.2, -0.15) is 0 Å². The number of nitrogens with two attached hydrogens (primary N) is 1. The topological polar surface area (TPSA) is 79.1 Å². The smallest absolute Gasteiger partial charge is 0.271 e. The van der Waals surface area contributed by atoms with E-state index in [1.807, 2.05) is 0 Å². The highest BCUT2D eigenvalue weighted by molar-refractivity contribution is 5.45. The Bertz CT molecular complexity index is 362. The predicted molar refractivity (Wildman–Crippen MR) is 42.4 cm³/mol. The first-order valence-electron chi connectivity index (χ1n) is 3.47. The lowest BCUT2D eigenvalue weighted by Gasteiger charge is -2.05. The van der Waals surface area contributed by atoms with Crippen LogP contribution < -0.4 is 11.3 Å². The van der Waals surface area contributed by atoms with Gasteiger partial charge in [-0.15, -0.1) is 0 Å². The van der Waals surface area contributed by atoms with E-state index in [0.29, 0.717) is 0 Å². The van der Waals surface area contributed by atoms with Gasteiger partial charge in [0.2, 0.25) is 0 Å². The summed E-state index contributed by atoms with van der Waals surface area (Å²) in [6.45, 7) is -0.505. The molecule has 0 aliphatic carbocycles. The molecule has 0 aliphatic heterocycles. The van der Waals surface area contributed by atoms with E-state index in [1.54, 1.807) is 0 Å². The lowest BCUT2D eigenvalue weighted by Crippen LogP contribution is -2.16. The molecule has 0 bridgehead atoms. The molecule has 0 fully saturated rings. The van der Waals surface area contributed by atoms with Gasteiger partial charge >= 0.3 is 0 Å². The van der Waals surface area contributed by atoms with Crippen LogP contribution in [-0.2, 0) is 6.61 Å². The minimum Gasteiger partial charge on any atom is -0.394 e. The molecule has 1 rings (SSSR count). The zero-order valence-corrected chi connectivity index (χ0v) is 6.55. The van der Waals surface area contributed by atoms with Gasteiger partial charge in [0, 0.05) is 11.3 Å². The Kier molecular flexibility index (Phi) is 2.62. The lowest BCUT2D eigenvalue weighted by molar-refractivity contribution is 0.151. The number of aliphatic hydroxyl groups is 1. The van der Waals surface area contributed by atoms with Crippen molar-refractivity contribution in [2.75, 3.05) is 5.73 Å². The molecule has 72 valence electrons. The Labute approximate surface area is 72.0 Å². The van der Waals surface area contributed by atoms with Crippen molar-refractivity contribution in [1.29, 1.82) is 0 Å². The van der Waals surface area contributed by atoms with Crippen LogP contribution in [0.1, 0.15) is 17.7 Å². The molecule has 1 heterocycles. The third kappa shape index (κ3) is 1.83. The molecule has 1 aromatic heterocycles. The molecule has 0 unspecified atom stereocenters. The van der Waals surface area contributed by atoms with E-state index in [0.717, 1.165) is 6.07 Å². The second-order valence-electron chi connectivity index (χ2n) is 2.45. The maximum absolute atomic E-state index is 12.2. The number of aromatic amines is 1. The maximum Gasteiger partial charge on any atom is 0.271 e. The highest BCUT2D eigenvalue weighted by atomic mass is 19.3. The van der Waals surface area contributed by atoms with Crippen LogP contribution in [0.15, 0.2) is 10.9 Å². The summed E-state index contributed by atoms with van der Waals surface area (Å²) in [7, 11) is 0. The molecule has 0 amide bonds. The first-order valence-corrected chi connectivity index (χ1v) is 3.47. The molecular weight excluding hydrogens is 182 g/mol. The number of hydrogen-bond acceptors (Lipinski definition) is 3. The van der Waals surface area contributed by atoms with Crippen molar-refractivity contribution in [1.82, 2.24) is 4.98 Å². The van der Waals surface area contributed by atoms with Gasteiger partial charge in [0.1, 0.15) is 5.69 Å². The molecule has 1 aromatic rings. The van der Waals surface area contributed by atoms with Gasteiger partial charge in [0.15, 0.2) is 0 Å². The minimum absolute atomic E-state index is 0.0227. The van der Waals surface area contributed by atoms with Crippen LogP contribution in [0, 0.1) is 0 Å². The fourth-order valence-electron chi connectivity index (χ4n) is 0.912. The third-order valence-corrected chi connectivity index (χ3v) is 1.56. The third-order valence-electron chi connectivity index (χ3n) is 1.56. The summed E-state index contributed by atoms with van der Waals surface area (Å²) in [6.07, 6.45) is -2.81. The van der Waals surface area contributed by atoms with E-state index in [9.17, 15) is 13.6 Å². The molecule has 0 atom stereocenters. The van der Waals surface area contributed by atoms with Gasteiger partial charge < -0.3 is 15.8 Å². The zero-order chi connectivity index (χ0) is 10.0. The zero-order valence-electron chi connectivity index (χ0n) is 6.55. The van der Waals surface area contributed by atoms with Gasteiger partial charge in [-0.25, -0.2) is 8.78 Å². The average Bonchev–Trinajstić information content (AvgIpc) is 2.09. The molecule has 13 heavy (non-hydrogen) atoms. The van der Waals surface area contributed by atoms with Crippen molar-refractivity contribution in [3.05, 3.63) is 27.7 Å². The van der Waals surface area contributed by atoms with Crippen molar-refractivity contribution < 1.29 is 13.9 Å². The fraction of sp³-hybridized carbons (Fsp3) is 0.286. The summed E-state index contributed by atoms with van der Waals surface area (Å²) >= 11 is 0. The van der Waals surface area contributed by atoms with E-state index in [4.69, 9.17) is 10.8 Å². The lowest BCUT2D eigenvalue weighted by atomic mass is 10.2. The second-order valence-corrected chi connectivity index (χ2v) is 2.45. The van der Waals surface area contributed by atoms with Crippen molar-refractivity contribution in [2.24, 2.45) is 0 Å². The number of hydrogen-bond donors (Lipinski definition) is 3. The molecule has 0 saturated heterocycles. The number of anilines is 1. The first kappa shape index (κ1) is 9.66. The second kappa shape index (κ2) is 3.53. The number of aliphatic hydroxyl groups excluding tert-OH is 1. The average molecular weight is 190 g/mol. The molecule has 0 saturated carbocycles. The number of halogens is 2. The summed E-state index contributed by atoms with van der Waals surface area (Å²) in [5, 5.41) is 8.60. The standard InChI is InChI=1S/C7H8F2N2O2/c8-6(9)4-1-3(2-12)11-7(13)5(4)10/h1,6,12H,2,10H2,(H,11,13). The summed E-state index contributed by atoms with van der Waals surface area (Å²) in [5.41, 5.74) is 3.27. The quantitative estimate of drug-likeness (QED) is 0.631. The number of pyridine rings is 1. The number of H-pyrrole nitrogens is 1. The highest BCUT2D eigenvalue weighted by Crippen LogP contribution is 2.22. The van der Waals surface area contributed by atoms with Crippen LogP contribution in [-0.4, -0.2) is 10.1 Å². The normalized spacial score (nSPS) is 10.8. The number of alkyl halides is 2. The summed E-state index contributed by atoms with van der Waals surface area (Å²) in [6, 6.07) is 0.974. The number of nitrogen functional groups attached to an aromatic ring is 1. The Hall–Kier alpha value is -1.43. The molecule has 6 heteroatoms. The van der Waals surface area contributed by atoms with Gasteiger partial charge in [0.05, 0.1) is 6.61 Å². The van der Waals surface area contributed by atoms with Crippen LogP contribution in [0.25, 0.3) is 0 Å². The molecular formula is C7H8F2N2O2. The Morgan fingerprint density at radius 1 is 1.62 bits per heavy atom. The van der Waals surface area contributed by atoms with Crippen molar-refractivity contribution in [3.8, 4) is 0 Å². The molecule has 0 aliphatic rings. The monoisotopic (exact) mass is 190 g/mol.